The van der Waals surface area contributed by atoms with Gasteiger partial charge >= 0.3 is 0 Å². The number of piperazine rings is 3. The first kappa shape index (κ1) is 108. The first-order valence-corrected chi connectivity index (χ1v) is 50.0. The Morgan fingerprint density at radius 1 is 0.362 bits per heavy atom. The number of likely N-dealkylation sites (N-methyl/N-ethyl adjacent to an activating group) is 2. The summed E-state index contributed by atoms with van der Waals surface area (Å²) in [6.45, 7) is 38.7. The number of hydrogen-bond acceptors (Lipinski definition) is 21. The average Bonchev–Trinajstić information content (AvgIpc) is 1.50. The van der Waals surface area contributed by atoms with Gasteiger partial charge in [-0.25, -0.2) is 69.4 Å². The molecule has 44 heteroatoms. The molecule has 6 aromatic heterocycles. The number of carbonyl (C=O) groups excluding carboxylic acids is 5. The number of nitrogens with zero attached hydrogens (tertiary/aromatic N) is 17. The van der Waals surface area contributed by atoms with Crippen LogP contribution in [0.3, 0.4) is 0 Å². The molecule has 6 N–H and O–H groups in total. The van der Waals surface area contributed by atoms with E-state index in [-0.39, 0.29) is 187 Å². The average molecular weight is 2170 g/mol. The van der Waals surface area contributed by atoms with E-state index in [1.165, 1.54) is 49.0 Å². The van der Waals surface area contributed by atoms with Gasteiger partial charge in [0.15, 0.2) is 34.9 Å². The molecule has 6 aliphatic heterocycles. The van der Waals surface area contributed by atoms with Crippen LogP contribution >= 0.6 is 69.6 Å². The Morgan fingerprint density at radius 2 is 0.631 bits per heavy atom. The molecule has 0 aliphatic carbocycles. The van der Waals surface area contributed by atoms with Crippen molar-refractivity contribution in [2.45, 2.75) is 182 Å². The van der Waals surface area contributed by atoms with Gasteiger partial charge < -0.3 is 61.1 Å². The molecule has 0 saturated carbocycles. The Labute approximate surface area is 879 Å². The fraction of sp³-hybridized carbons (Fsp3) is 0.352. The number of halogens is 15. The molecular weight excluding hydrogens is 2070 g/mol. The predicted octanol–water partition coefficient (Wildman–Crippen LogP) is 20.5. The molecule has 0 radical (unpaired) electrons. The molecule has 5 amide bonds. The van der Waals surface area contributed by atoms with Crippen molar-refractivity contribution in [2.24, 2.45) is 0 Å². The quantitative estimate of drug-likeness (QED) is 0.0371. The number of carbonyl (C=O) groups is 5. The van der Waals surface area contributed by atoms with Gasteiger partial charge in [-0.05, 0) is 111 Å². The molecule has 782 valence electrons. The molecule has 12 heterocycles. The van der Waals surface area contributed by atoms with Gasteiger partial charge in [-0.2, -0.15) is 0 Å². The molecule has 12 aromatic rings. The molecule has 3 saturated heterocycles. The molecule has 0 bridgehead atoms. The second-order valence-electron chi connectivity index (χ2n) is 39.3. The third-order valence-corrected chi connectivity index (χ3v) is 29.8. The molecule has 6 aliphatic rings. The summed E-state index contributed by atoms with van der Waals surface area (Å²) in [6.07, 6.45) is 7.99. The summed E-state index contributed by atoms with van der Waals surface area (Å²) in [6, 6.07) is 2.39. The van der Waals surface area contributed by atoms with Crippen molar-refractivity contribution in [3.8, 4) is 56.2 Å². The van der Waals surface area contributed by atoms with Gasteiger partial charge in [0, 0.05) is 97.7 Å². The Balaban J connectivity index is 0.000000159. The number of aromatic nitrogens is 9. The zero-order valence-corrected chi connectivity index (χ0v) is 88.3. The van der Waals surface area contributed by atoms with Crippen LogP contribution in [0.5, 0.6) is 5.75 Å². The van der Waals surface area contributed by atoms with E-state index in [2.05, 4.69) is 49.6 Å². The third kappa shape index (κ3) is 17.8. The maximum Gasteiger partial charge on any atom is 0.300 e. The largest absolute Gasteiger partial charge is 0.486 e. The van der Waals surface area contributed by atoms with E-state index in [1.54, 1.807) is 28.5 Å². The van der Waals surface area contributed by atoms with Gasteiger partial charge in [-0.15, -0.1) is 0 Å². The summed E-state index contributed by atoms with van der Waals surface area (Å²) in [7, 11) is 2.79. The summed E-state index contributed by atoms with van der Waals surface area (Å²) in [5.74, 6) is -15.1. The van der Waals surface area contributed by atoms with Gasteiger partial charge in [0.25, 0.3) is 28.5 Å². The van der Waals surface area contributed by atoms with Crippen LogP contribution in [-0.4, -0.2) is 184 Å². The molecule has 18 rings (SSSR count). The van der Waals surface area contributed by atoms with Gasteiger partial charge in [-0.1, -0.05) is 172 Å². The maximum absolute atomic E-state index is 17.6. The van der Waals surface area contributed by atoms with Crippen LogP contribution in [0, 0.1) is 52.4 Å². The van der Waals surface area contributed by atoms with Crippen molar-refractivity contribution in [3.63, 3.8) is 0 Å². The van der Waals surface area contributed by atoms with Gasteiger partial charge in [-0.3, -0.25) is 52.1 Å². The van der Waals surface area contributed by atoms with Crippen molar-refractivity contribution in [2.75, 3.05) is 102 Å². The monoisotopic (exact) mass is 2170 g/mol. The number of anilines is 8. The van der Waals surface area contributed by atoms with E-state index >= 15 is 49.1 Å². The number of pyridine rings is 3. The van der Waals surface area contributed by atoms with E-state index in [0.29, 0.717) is 40.6 Å². The van der Waals surface area contributed by atoms with E-state index < -0.39 is 193 Å². The van der Waals surface area contributed by atoms with Crippen LogP contribution < -0.4 is 63.1 Å². The van der Waals surface area contributed by atoms with E-state index in [4.69, 9.17) is 91.5 Å². The number of rotatable bonds is 15. The highest BCUT2D eigenvalue weighted by atomic mass is 35.5. The Bertz CT molecular complexity index is 7500. The number of nitrogen functional groups attached to an aromatic ring is 3. The molecule has 6 unspecified atom stereocenters. The SMILES string of the molecule is C=CC(=O)N1CC2C(=O)N(C)c3c(c4cc(F)c(-c5c(N)c(Cl)cc(Cl)c5F)c(F)c4n(-c4c(C(C)C)ncnc4C(C)C)c3=O)N2CC1C.C=CC(=O)N1CC2C(=O)N(C)c3c(c4cc(F)c(-c5c(N)c(Cl)cc(Cl)c5F)c(F)c4n(-c4c(C(C)C)ncnc4C(C)C)c3=O)N2CC1C.C=CC(=O)N1CC2CCOc3c(c4cc(F)c(-c5c(N)c(Cl)cc(Cl)c5F)c(F)c4n(-c4c(C(C)C)ncnc4C(C)C)c3=O)N2CC1C. The van der Waals surface area contributed by atoms with Crippen LogP contribution in [0.15, 0.2) is 108 Å². The second-order valence-corrected chi connectivity index (χ2v) is 41.7. The highest BCUT2D eigenvalue weighted by Gasteiger charge is 2.51. The lowest BCUT2D eigenvalue weighted by Crippen LogP contribution is -2.66. The van der Waals surface area contributed by atoms with Crippen molar-refractivity contribution >= 4 is 177 Å². The van der Waals surface area contributed by atoms with Crippen LogP contribution in [0.1, 0.15) is 180 Å². The van der Waals surface area contributed by atoms with E-state index in [0.717, 1.165) is 72.1 Å². The predicted molar refractivity (Wildman–Crippen MR) is 564 cm³/mol. The van der Waals surface area contributed by atoms with E-state index in [9.17, 15) is 28.8 Å². The molecule has 149 heavy (non-hydrogen) atoms. The fourth-order valence-corrected chi connectivity index (χ4v) is 22.3. The summed E-state index contributed by atoms with van der Waals surface area (Å²) >= 11 is 36.9. The summed E-state index contributed by atoms with van der Waals surface area (Å²) in [4.78, 5) is 150. The van der Waals surface area contributed by atoms with Gasteiger partial charge in [0.1, 0.15) is 59.9 Å². The van der Waals surface area contributed by atoms with Crippen LogP contribution in [-0.2, 0) is 24.0 Å². The molecule has 6 aromatic carbocycles. The number of amides is 5. The zero-order chi connectivity index (χ0) is 109. The number of benzene rings is 6. The minimum absolute atomic E-state index is 0.0173. The number of fused-ring (bicyclic) bond motifs is 15. The number of nitrogens with two attached hydrogens (primary N) is 3. The van der Waals surface area contributed by atoms with Crippen molar-refractivity contribution in [1.82, 2.24) is 58.3 Å². The minimum atomic E-state index is -1.33. The van der Waals surface area contributed by atoms with Crippen molar-refractivity contribution < 1.29 is 68.2 Å². The molecule has 3 fully saturated rings. The highest BCUT2D eigenvalue weighted by Crippen LogP contribution is 2.54. The first-order valence-electron chi connectivity index (χ1n) is 47.7. The van der Waals surface area contributed by atoms with Crippen LogP contribution in [0.25, 0.3) is 83.2 Å². The zero-order valence-electron chi connectivity index (χ0n) is 83.8. The second kappa shape index (κ2) is 41.1. The summed E-state index contributed by atoms with van der Waals surface area (Å²) in [5.41, 5.74) is 11.5. The third-order valence-electron chi connectivity index (χ3n) is 28.0. The molecule has 29 nitrogen and oxygen atoms in total. The van der Waals surface area contributed by atoms with Crippen molar-refractivity contribution in [3.05, 3.63) is 241 Å². The number of ether oxygens (including phenoxy) is 1. The van der Waals surface area contributed by atoms with Gasteiger partial charge in [0.2, 0.25) is 23.5 Å². The summed E-state index contributed by atoms with van der Waals surface area (Å²) < 4.78 is 159. The lowest BCUT2D eigenvalue weighted by molar-refractivity contribution is -0.132. The number of hydrogen-bond donors (Lipinski definition) is 3. The minimum Gasteiger partial charge on any atom is -0.486 e. The maximum atomic E-state index is 17.6. The smallest absolute Gasteiger partial charge is 0.300 e. The summed E-state index contributed by atoms with van der Waals surface area (Å²) in [5, 5.41) is -2.44. The fourth-order valence-electron chi connectivity index (χ4n) is 20.9. The first-order chi connectivity index (χ1) is 70.2. The molecule has 0 spiro atoms. The van der Waals surface area contributed by atoms with Crippen LogP contribution in [0.4, 0.5) is 85.0 Å². The molecule has 6 atom stereocenters. The normalized spacial score (nSPS) is 17.6. The Hall–Kier alpha value is -13.5. The molecular formula is C105H103Cl6F9N20O9. The standard InChI is InChI=1S/2C35H34Cl2F3N7O3.C35H35Cl2F3N6O3/c2*1-8-22(48)45-12-21-34(49)44(7)33-31(46(21)11-16(45)6)17-9-20(38)23(24-25(39)18(36)10-19(37)27(24)41)26(40)30(17)47(35(33)50)32-28(14(2)3)42-13-43-29(32)15(4)5;1-7-23(47)44-13-18-8-9-49-34-32(45(18)12-17(44)6)19-10-22(38)24(25-26(39)20(36)11-21(37)28(25)41)27(40)31(19)46(35(34)48)33-29(15(2)3)42-14-43-30(33)16(4)5/h2*8-10,13-16,21H,1,11-12,41H2,2-7H3;7,10-11,14-18H,1,8-9,12-13,41H2,2-6H3. The Kier molecular flexibility index (Phi) is 29.8. The van der Waals surface area contributed by atoms with Gasteiger partial charge in [0.05, 0.1) is 174 Å². The Morgan fingerprint density at radius 3 is 0.913 bits per heavy atom. The van der Waals surface area contributed by atoms with Crippen molar-refractivity contribution in [1.29, 1.82) is 0 Å². The highest BCUT2D eigenvalue weighted by molar-refractivity contribution is 6.39. The topological polar surface area (TPSA) is 342 Å². The van der Waals surface area contributed by atoms with Crippen LogP contribution in [0.2, 0.25) is 30.1 Å². The lowest BCUT2D eigenvalue weighted by atomic mass is 9.94. The van der Waals surface area contributed by atoms with E-state index in [1.807, 2.05) is 94.9 Å². The lowest BCUT2D eigenvalue weighted by Gasteiger charge is -2.50.